The van der Waals surface area contributed by atoms with Crippen LogP contribution in [-0.4, -0.2) is 41.1 Å². The fourth-order valence-corrected chi connectivity index (χ4v) is 3.70. The summed E-state index contributed by atoms with van der Waals surface area (Å²) >= 11 is 0. The summed E-state index contributed by atoms with van der Waals surface area (Å²) in [5.41, 5.74) is 1.83. The topological polar surface area (TPSA) is 90.0 Å². The zero-order valence-corrected chi connectivity index (χ0v) is 13.7. The first-order valence-electron chi connectivity index (χ1n) is 8.19. The van der Waals surface area contributed by atoms with Gasteiger partial charge in [-0.3, -0.25) is 19.6 Å². The van der Waals surface area contributed by atoms with Crippen molar-refractivity contribution in [1.29, 1.82) is 0 Å². The Morgan fingerprint density at radius 1 is 1.12 bits per heavy atom. The second-order valence-corrected chi connectivity index (χ2v) is 6.35. The van der Waals surface area contributed by atoms with Gasteiger partial charge >= 0.3 is 0 Å². The molecule has 0 spiro atoms. The summed E-state index contributed by atoms with van der Waals surface area (Å²) in [5, 5.41) is 14.0. The number of amides is 3. The van der Waals surface area contributed by atoms with Gasteiger partial charge in [-0.2, -0.15) is 0 Å². The molecule has 7 nitrogen and oxygen atoms in total. The molecular weight excluding hydrogens is 322 g/mol. The molecule has 0 unspecified atom stereocenters. The van der Waals surface area contributed by atoms with Gasteiger partial charge in [0.15, 0.2) is 0 Å². The van der Waals surface area contributed by atoms with E-state index in [1.165, 1.54) is 6.92 Å². The highest BCUT2D eigenvalue weighted by Crippen LogP contribution is 2.42. The van der Waals surface area contributed by atoms with Crippen LogP contribution in [0.2, 0.25) is 0 Å². The van der Waals surface area contributed by atoms with Crippen LogP contribution in [0.25, 0.3) is 10.8 Å². The molecule has 0 bridgehead atoms. The third kappa shape index (κ3) is 2.27. The summed E-state index contributed by atoms with van der Waals surface area (Å²) in [6.07, 6.45) is 2.09. The second kappa shape index (κ2) is 5.56. The van der Waals surface area contributed by atoms with Crippen LogP contribution in [0, 0.1) is 0 Å². The molecule has 0 aromatic heterocycles. The maximum atomic E-state index is 12.4. The largest absolute Gasteiger partial charge is 0.369 e. The van der Waals surface area contributed by atoms with Gasteiger partial charge in [0.05, 0.1) is 22.5 Å². The summed E-state index contributed by atoms with van der Waals surface area (Å²) in [6, 6.07) is 6.71. The van der Waals surface area contributed by atoms with Gasteiger partial charge in [-0.15, -0.1) is 5.06 Å². The van der Waals surface area contributed by atoms with Crippen LogP contribution in [0.3, 0.4) is 0 Å². The fourth-order valence-electron chi connectivity index (χ4n) is 3.70. The minimum absolute atomic E-state index is 0.129. The van der Waals surface area contributed by atoms with Crippen molar-refractivity contribution in [3.8, 4) is 0 Å². The lowest BCUT2D eigenvalue weighted by molar-refractivity contribution is -0.114. The van der Waals surface area contributed by atoms with Gasteiger partial charge in [-0.05, 0) is 25.0 Å². The lowest BCUT2D eigenvalue weighted by atomic mass is 9.92. The number of benzene rings is 2. The number of hydrogen-bond acceptors (Lipinski definition) is 5. The van der Waals surface area contributed by atoms with Crippen molar-refractivity contribution in [3.63, 3.8) is 0 Å². The monoisotopic (exact) mass is 339 g/mol. The first-order chi connectivity index (χ1) is 12.0. The molecule has 1 saturated heterocycles. The second-order valence-electron chi connectivity index (χ2n) is 6.35. The van der Waals surface area contributed by atoms with E-state index in [9.17, 15) is 19.6 Å². The molecule has 25 heavy (non-hydrogen) atoms. The SMILES string of the molecule is CC(=O)Nc1cc2c3c(cccc3c1N1CCCC1)C(=O)N(O)C2=O. The van der Waals surface area contributed by atoms with Gasteiger partial charge in [0.25, 0.3) is 11.8 Å². The summed E-state index contributed by atoms with van der Waals surface area (Å²) in [5.74, 6) is -1.76. The number of carbonyl (C=O) groups is 3. The van der Waals surface area contributed by atoms with E-state index in [2.05, 4.69) is 10.2 Å². The van der Waals surface area contributed by atoms with Crippen molar-refractivity contribution in [2.45, 2.75) is 19.8 Å². The Hall–Kier alpha value is -2.93. The maximum Gasteiger partial charge on any atom is 0.285 e. The van der Waals surface area contributed by atoms with Gasteiger partial charge in [0.1, 0.15) is 0 Å². The van der Waals surface area contributed by atoms with Crippen LogP contribution in [0.5, 0.6) is 0 Å². The molecule has 4 rings (SSSR count). The third-order valence-corrected chi connectivity index (χ3v) is 4.71. The average molecular weight is 339 g/mol. The van der Waals surface area contributed by atoms with E-state index < -0.39 is 11.8 Å². The average Bonchev–Trinajstić information content (AvgIpc) is 3.11. The number of hydroxylamine groups is 2. The summed E-state index contributed by atoms with van der Waals surface area (Å²) < 4.78 is 0. The van der Waals surface area contributed by atoms with E-state index in [4.69, 9.17) is 0 Å². The molecule has 2 heterocycles. The Morgan fingerprint density at radius 2 is 1.80 bits per heavy atom. The quantitative estimate of drug-likeness (QED) is 0.648. The number of hydrogen-bond donors (Lipinski definition) is 2. The van der Waals surface area contributed by atoms with E-state index in [-0.39, 0.29) is 22.1 Å². The smallest absolute Gasteiger partial charge is 0.285 e. The molecule has 1 fully saturated rings. The normalized spacial score (nSPS) is 16.7. The molecule has 2 aliphatic rings. The highest BCUT2D eigenvalue weighted by molar-refractivity contribution is 6.27. The highest BCUT2D eigenvalue weighted by Gasteiger charge is 2.34. The van der Waals surface area contributed by atoms with Crippen molar-refractivity contribution >= 4 is 39.9 Å². The lowest BCUT2D eigenvalue weighted by Gasteiger charge is -2.28. The number of nitrogens with zero attached hydrogens (tertiary/aromatic N) is 2. The van der Waals surface area contributed by atoms with Gasteiger partial charge in [-0.1, -0.05) is 12.1 Å². The Balaban J connectivity index is 2.08. The molecule has 2 aliphatic heterocycles. The van der Waals surface area contributed by atoms with E-state index in [1.54, 1.807) is 18.2 Å². The molecule has 2 N–H and O–H groups in total. The Labute approximate surface area is 143 Å². The van der Waals surface area contributed by atoms with Crippen molar-refractivity contribution in [2.24, 2.45) is 0 Å². The molecule has 0 saturated carbocycles. The van der Waals surface area contributed by atoms with Crippen LogP contribution in [0.15, 0.2) is 24.3 Å². The van der Waals surface area contributed by atoms with E-state index >= 15 is 0 Å². The molecule has 0 atom stereocenters. The molecule has 2 aromatic rings. The Bertz CT molecular complexity index is 932. The molecule has 128 valence electrons. The highest BCUT2D eigenvalue weighted by atomic mass is 16.5. The molecule has 2 aromatic carbocycles. The summed E-state index contributed by atoms with van der Waals surface area (Å²) in [7, 11) is 0. The standard InChI is InChI=1S/C18H17N3O4/c1-10(22)19-14-9-13-15-11(16(14)20-7-2-3-8-20)5-4-6-12(15)17(23)21(25)18(13)24/h4-6,9,25H,2-3,7-8H2,1H3,(H,19,22). The van der Waals surface area contributed by atoms with Gasteiger partial charge in [-0.25, -0.2) is 0 Å². The van der Waals surface area contributed by atoms with E-state index in [1.807, 2.05) is 6.07 Å². The van der Waals surface area contributed by atoms with Crippen molar-refractivity contribution in [3.05, 3.63) is 35.4 Å². The van der Waals surface area contributed by atoms with Gasteiger partial charge in [0.2, 0.25) is 5.91 Å². The Kier molecular flexibility index (Phi) is 3.47. The van der Waals surface area contributed by atoms with Crippen LogP contribution in [0.1, 0.15) is 40.5 Å². The maximum absolute atomic E-state index is 12.4. The minimum atomic E-state index is -0.784. The van der Waals surface area contributed by atoms with Crippen molar-refractivity contribution < 1.29 is 19.6 Å². The first kappa shape index (κ1) is 15.6. The number of carbonyl (C=O) groups excluding carboxylic acids is 3. The third-order valence-electron chi connectivity index (χ3n) is 4.71. The first-order valence-corrected chi connectivity index (χ1v) is 8.19. The molecular formula is C18H17N3O4. The Morgan fingerprint density at radius 3 is 2.48 bits per heavy atom. The van der Waals surface area contributed by atoms with Gasteiger partial charge < -0.3 is 10.2 Å². The van der Waals surface area contributed by atoms with E-state index in [0.717, 1.165) is 37.0 Å². The van der Waals surface area contributed by atoms with Crippen LogP contribution in [0.4, 0.5) is 11.4 Å². The molecule has 3 amide bonds. The molecule has 7 heteroatoms. The lowest BCUT2D eigenvalue weighted by Crippen LogP contribution is -2.37. The zero-order chi connectivity index (χ0) is 17.7. The van der Waals surface area contributed by atoms with Crippen LogP contribution >= 0.6 is 0 Å². The number of rotatable bonds is 2. The van der Waals surface area contributed by atoms with Gasteiger partial charge in [0, 0.05) is 30.8 Å². The van der Waals surface area contributed by atoms with Crippen LogP contribution in [-0.2, 0) is 4.79 Å². The number of anilines is 2. The van der Waals surface area contributed by atoms with Crippen LogP contribution < -0.4 is 10.2 Å². The predicted molar refractivity (Wildman–Crippen MR) is 92.0 cm³/mol. The number of nitrogens with one attached hydrogen (secondary N) is 1. The van der Waals surface area contributed by atoms with Crippen molar-refractivity contribution in [1.82, 2.24) is 5.06 Å². The summed E-state index contributed by atoms with van der Waals surface area (Å²) in [4.78, 5) is 38.5. The summed E-state index contributed by atoms with van der Waals surface area (Å²) in [6.45, 7) is 3.10. The number of imide groups is 1. The predicted octanol–water partition coefficient (Wildman–Crippen LogP) is 2.38. The molecule has 0 radical (unpaired) electrons. The zero-order valence-electron chi connectivity index (χ0n) is 13.7. The van der Waals surface area contributed by atoms with E-state index in [0.29, 0.717) is 11.1 Å². The molecule has 0 aliphatic carbocycles. The fraction of sp³-hybridized carbons (Fsp3) is 0.278. The van der Waals surface area contributed by atoms with Crippen molar-refractivity contribution in [2.75, 3.05) is 23.3 Å². The minimum Gasteiger partial charge on any atom is -0.369 e.